The molecule has 0 bridgehead atoms. The van der Waals surface area contributed by atoms with Crippen LogP contribution in [0.2, 0.25) is 0 Å². The van der Waals surface area contributed by atoms with Crippen molar-refractivity contribution in [3.63, 3.8) is 0 Å². The number of hydrogen-bond acceptors (Lipinski definition) is 22. The van der Waals surface area contributed by atoms with Crippen molar-refractivity contribution >= 4 is 113 Å². The first-order valence-electron chi connectivity index (χ1n) is 48.2. The Morgan fingerprint density at radius 1 is 0.586 bits per heavy atom. The van der Waals surface area contributed by atoms with Gasteiger partial charge in [0.05, 0.1) is 171 Å². The van der Waals surface area contributed by atoms with E-state index < -0.39 is 55.6 Å². The number of aromatic carboxylic acids is 1. The number of hydrogen-bond donors (Lipinski definition) is 4. The lowest BCUT2D eigenvalue weighted by atomic mass is 9.81. The third-order valence-electron chi connectivity index (χ3n) is 26.9. The van der Waals surface area contributed by atoms with Gasteiger partial charge in [0.2, 0.25) is 20.0 Å². The monoisotopic (exact) mass is 1980 g/mol. The SMILES string of the molecule is CN(C)C(On1nnc2ccccc21)=[N+](C)C.CN1CCOCC1.COC[C@@H]1CN(C(=O)c2cnn(C3CCC3)c2C2=Cc3cc(OC)ccc3-c3c(C4CCCCC4)c4ccc(C(=O)NS(=O)(=O)C(C)C)cc4n3C2)CCO1.COC[C@H]1CNCCO1.COc1ccc2c(c1)C=C(c1c(C(=O)O)cnn1C1CCC1)Cn1c-2c(C2CCCCC2)c2ccc(C(=O)NS(=O)(=O)C(C)C)cc21.F[B-](F)(F)F. The molecule has 3 amide bonds. The van der Waals surface area contributed by atoms with E-state index in [1.165, 1.54) is 48.9 Å². The highest BCUT2D eigenvalue weighted by atomic mass is 32.2. The fourth-order valence-corrected chi connectivity index (χ4v) is 20.5. The van der Waals surface area contributed by atoms with Crippen LogP contribution in [0.1, 0.15) is 229 Å². The van der Waals surface area contributed by atoms with Crippen molar-refractivity contribution in [3.05, 3.63) is 165 Å². The highest BCUT2D eigenvalue weighted by molar-refractivity contribution is 7.90. The number of ether oxygens (including phenoxy) is 7. The average Bonchev–Trinajstić information content (AvgIpc) is 1.57. The minimum atomic E-state index is -6.00. The molecule has 756 valence electrons. The predicted molar refractivity (Wildman–Crippen MR) is 531 cm³/mol. The Balaban J connectivity index is 0.000000163. The number of carboxylic acid groups (broad SMARTS) is 1. The van der Waals surface area contributed by atoms with Crippen molar-refractivity contribution in [1.82, 2.24) is 73.3 Å². The third kappa shape index (κ3) is 24.7. The van der Waals surface area contributed by atoms with Gasteiger partial charge in [0, 0.05) is 97.5 Å². The minimum absolute atomic E-state index is 0.0909. The lowest BCUT2D eigenvalue weighted by molar-refractivity contribution is -0.480. The van der Waals surface area contributed by atoms with Gasteiger partial charge in [-0.3, -0.25) is 28.6 Å². The molecule has 140 heavy (non-hydrogen) atoms. The fraction of sp³-hybridized carbons (Fsp3) is 0.510. The fourth-order valence-electron chi connectivity index (χ4n) is 19.2. The van der Waals surface area contributed by atoms with Gasteiger partial charge in [-0.15, -0.1) is 5.10 Å². The number of benzene rings is 5. The highest BCUT2D eigenvalue weighted by Crippen LogP contribution is 2.52. The van der Waals surface area contributed by atoms with Crippen molar-refractivity contribution in [2.24, 2.45) is 0 Å². The maximum Gasteiger partial charge on any atom is 0.673 e. The molecular formula is C100H131BF4N16O17S2. The van der Waals surface area contributed by atoms with Crippen LogP contribution in [0.5, 0.6) is 11.5 Å². The van der Waals surface area contributed by atoms with Gasteiger partial charge in [0.25, 0.3) is 17.7 Å². The number of morpholine rings is 3. The second-order valence-corrected chi connectivity index (χ2v) is 42.2. The number of para-hydroxylation sites is 1. The Bertz CT molecular complexity index is 6400. The van der Waals surface area contributed by atoms with Crippen molar-refractivity contribution in [2.75, 3.05) is 143 Å². The molecule has 4 saturated carbocycles. The zero-order valence-electron chi connectivity index (χ0n) is 82.1. The van der Waals surface area contributed by atoms with Crippen LogP contribution in [-0.4, -0.2) is 287 Å². The molecule has 10 heterocycles. The van der Waals surface area contributed by atoms with Crippen LogP contribution in [0.15, 0.2) is 109 Å². The molecular weight excluding hydrogens is 1850 g/mol. The van der Waals surface area contributed by atoms with Crippen LogP contribution in [0, 0.1) is 0 Å². The number of methoxy groups -OCH3 is 4. The minimum Gasteiger partial charge on any atom is -0.497 e. The molecule has 3 saturated heterocycles. The number of nitrogens with zero attached hydrogens (tertiary/aromatic N) is 13. The summed E-state index contributed by atoms with van der Waals surface area (Å²) in [7, 11) is 2.71. The zero-order chi connectivity index (χ0) is 100. The molecule has 0 unspecified atom stereocenters. The van der Waals surface area contributed by atoms with Crippen LogP contribution < -0.4 is 29.1 Å². The Kier molecular flexibility index (Phi) is 34.8. The number of sulfonamides is 2. The van der Waals surface area contributed by atoms with Crippen molar-refractivity contribution in [1.29, 1.82) is 0 Å². The number of carboxylic acids is 1. The van der Waals surface area contributed by atoms with Gasteiger partial charge in [-0.2, -0.15) is 10.2 Å². The van der Waals surface area contributed by atoms with Gasteiger partial charge in [-0.1, -0.05) is 67.6 Å². The predicted octanol–water partition coefficient (Wildman–Crippen LogP) is 14.7. The molecule has 5 aliphatic heterocycles. The summed E-state index contributed by atoms with van der Waals surface area (Å²) in [5, 5.41) is 31.6. The van der Waals surface area contributed by atoms with E-state index in [4.69, 9.17) is 43.1 Å². The number of carbonyl (C=O) groups is 4. The number of amides is 3. The third-order valence-corrected chi connectivity index (χ3v) is 30.4. The maximum absolute atomic E-state index is 14.6. The number of allylic oxidation sites excluding steroid dienone is 2. The second kappa shape index (κ2) is 46.6. The number of amidine groups is 1. The first kappa shape index (κ1) is 104. The summed E-state index contributed by atoms with van der Waals surface area (Å²) < 4.78 is 143. The lowest BCUT2D eigenvalue weighted by Gasteiger charge is -2.33. The van der Waals surface area contributed by atoms with E-state index in [2.05, 4.69) is 86.3 Å². The molecule has 19 rings (SSSR count). The molecule has 33 nitrogen and oxygen atoms in total. The molecule has 5 aromatic heterocycles. The normalized spacial score (nSPS) is 18.1. The van der Waals surface area contributed by atoms with Crippen LogP contribution in [0.4, 0.5) is 17.3 Å². The van der Waals surface area contributed by atoms with Crippen LogP contribution in [0.25, 0.3) is 78.7 Å². The molecule has 40 heteroatoms. The molecule has 7 fully saturated rings. The average molecular weight is 1980 g/mol. The smallest absolute Gasteiger partial charge is 0.497 e. The maximum atomic E-state index is 14.6. The molecule has 0 radical (unpaired) electrons. The summed E-state index contributed by atoms with van der Waals surface area (Å²) in [5.74, 6) is -0.434. The number of carbonyl (C=O) groups excluding carboxylic acids is 3. The number of fused-ring (bicyclic) bond motifs is 11. The van der Waals surface area contributed by atoms with E-state index >= 15 is 0 Å². The molecule has 10 aromatic rings. The topological polar surface area (TPSA) is 356 Å². The van der Waals surface area contributed by atoms with E-state index in [9.17, 15) is 58.4 Å². The second-order valence-electron chi connectivity index (χ2n) is 37.7. The van der Waals surface area contributed by atoms with E-state index in [0.717, 1.165) is 225 Å². The number of likely N-dealkylation sites (N-methyl/N-ethyl adjacent to an activating group) is 1. The summed E-state index contributed by atoms with van der Waals surface area (Å²) in [6, 6.07) is 31.8. The van der Waals surface area contributed by atoms with E-state index in [0.29, 0.717) is 80.9 Å². The van der Waals surface area contributed by atoms with Gasteiger partial charge in [0.1, 0.15) is 28.1 Å². The molecule has 0 spiro atoms. The van der Waals surface area contributed by atoms with Crippen LogP contribution in [0.3, 0.4) is 0 Å². The molecule has 2 atom stereocenters. The van der Waals surface area contributed by atoms with E-state index in [-0.39, 0.29) is 46.9 Å². The summed E-state index contributed by atoms with van der Waals surface area (Å²) in [6.45, 7) is 16.1. The molecule has 4 N–H and O–H groups in total. The number of halogens is 4. The van der Waals surface area contributed by atoms with Crippen molar-refractivity contribution in [3.8, 4) is 34.0 Å². The van der Waals surface area contributed by atoms with Gasteiger partial charge in [-0.05, 0) is 234 Å². The highest BCUT2D eigenvalue weighted by Gasteiger charge is 2.39. The van der Waals surface area contributed by atoms with E-state index in [1.807, 2.05) is 108 Å². The number of rotatable bonds is 21. The van der Waals surface area contributed by atoms with Crippen molar-refractivity contribution in [2.45, 2.75) is 190 Å². The Hall–Kier alpha value is -11.4. The molecule has 5 aromatic carbocycles. The van der Waals surface area contributed by atoms with Gasteiger partial charge in [0.15, 0.2) is 0 Å². The quantitative estimate of drug-likeness (QED) is 0.0171. The summed E-state index contributed by atoms with van der Waals surface area (Å²) in [4.78, 5) is 67.2. The van der Waals surface area contributed by atoms with Gasteiger partial charge >= 0.3 is 19.2 Å². The largest absolute Gasteiger partial charge is 0.673 e. The summed E-state index contributed by atoms with van der Waals surface area (Å²) >= 11 is 0. The Morgan fingerprint density at radius 2 is 1.06 bits per heavy atom. The Labute approximate surface area is 815 Å². The Morgan fingerprint density at radius 3 is 1.49 bits per heavy atom. The summed E-state index contributed by atoms with van der Waals surface area (Å²) in [5.41, 5.74) is 16.1. The summed E-state index contributed by atoms with van der Waals surface area (Å²) in [6.07, 6.45) is 24.6. The van der Waals surface area contributed by atoms with Crippen LogP contribution >= 0.6 is 0 Å². The van der Waals surface area contributed by atoms with Gasteiger partial charge < -0.3 is 79.8 Å². The first-order valence-corrected chi connectivity index (χ1v) is 51.3. The zero-order valence-corrected chi connectivity index (χ0v) is 83.7. The standard InChI is InChI=1S/C42H51N5O7S.C36H40N4O6S.C11H16N5O.C6H13NO2.C5H11NO.BF4/c1-26(2)55(50,51)44-41(48)28-13-15-35-37(21-28)46-23-30(19-29-20-32(53-4)14-16-34(29)40(46)38(35)27-9-6-5-7-10-27)39-36(22-43-47(39)31-11-8-12-31)42(49)45-17-18-54-33(24-45)25-52-3;1-21(2)47(44,45)38-35(41)23-12-14-29-31(18-23)39-20-25(33-30(36(42)43)19-37-40(33)26-10-7-11-26)16-24-17-27(46-3)13-15-28(24)34(39)32(29)22-8-5-4-6-9-22;1-14(2)11(15(3)4)17-16-10-8-6-5-7-9(10)12-13-16;1-8-5-6-4-7-2-3-9-6;1-6-2-4-7-5-3-6;2-1(3,4)5/h13-16,19-22,26-27,31,33H,5-12,17-18,23-25H2,1-4H3,(H,44,48);12-19,21-22,26H,4-11,20H2,1-3H3,(H,38,41)(H,42,43);5-8H,1-4H3;6-7H,2-5H2,1H3;2-5H2,1H3;/q;;+1;;;-1/t33-;;;6-;;/m0..1../s1. The number of nitrogens with one attached hydrogen (secondary N) is 3. The van der Waals surface area contributed by atoms with Crippen LogP contribution in [-0.2, 0) is 56.8 Å². The molecule has 4 aliphatic carbocycles. The van der Waals surface area contributed by atoms with Gasteiger partial charge in [-0.25, -0.2) is 40.5 Å². The lowest BCUT2D eigenvalue weighted by Crippen LogP contribution is -2.47. The van der Waals surface area contributed by atoms with Crippen molar-refractivity contribution < 1.29 is 101 Å². The number of aromatic nitrogens is 9. The molecule has 9 aliphatic rings. The first-order chi connectivity index (χ1) is 67.1. The van der Waals surface area contributed by atoms with E-state index in [1.54, 1.807) is 66.7 Å².